The number of hydrogen-bond acceptors (Lipinski definition) is 6. The van der Waals surface area contributed by atoms with Gasteiger partial charge < -0.3 is 19.1 Å². The number of ether oxygens (including phenoxy) is 2. The van der Waals surface area contributed by atoms with E-state index in [4.69, 9.17) is 9.47 Å². The lowest BCUT2D eigenvalue weighted by Gasteiger charge is -2.20. The molecule has 0 amide bonds. The minimum Gasteiger partial charge on any atom is -0.487 e. The molecule has 5 rings (SSSR count). The van der Waals surface area contributed by atoms with E-state index < -0.39 is 11.9 Å². The van der Waals surface area contributed by atoms with E-state index in [0.29, 0.717) is 25.5 Å². The van der Waals surface area contributed by atoms with Crippen LogP contribution in [0.4, 0.5) is 0 Å². The average Bonchev–Trinajstić information content (AvgIpc) is 3.26. The first kappa shape index (κ1) is 31.1. The Morgan fingerprint density at radius 2 is 1.73 bits per heavy atom. The number of hydrogen-bond donors (Lipinski definition) is 1. The van der Waals surface area contributed by atoms with E-state index in [-0.39, 0.29) is 4.75 Å². The maximum atomic E-state index is 12.0. The summed E-state index contributed by atoms with van der Waals surface area (Å²) in [6.07, 6.45) is 4.07. The number of nitrogens with zero attached hydrogens (tertiary/aromatic N) is 3. The van der Waals surface area contributed by atoms with Crippen LogP contribution in [0.25, 0.3) is 22.0 Å². The van der Waals surface area contributed by atoms with Gasteiger partial charge >= 0.3 is 5.97 Å². The highest BCUT2D eigenvalue weighted by Gasteiger charge is 2.26. The molecule has 0 aliphatic rings. The number of aliphatic carboxylic acids is 1. The third-order valence-corrected chi connectivity index (χ3v) is 8.63. The first-order valence-electron chi connectivity index (χ1n) is 14.7. The van der Waals surface area contributed by atoms with Crippen LogP contribution < -0.4 is 9.47 Å². The summed E-state index contributed by atoms with van der Waals surface area (Å²) in [5, 5.41) is 10.9. The van der Waals surface area contributed by atoms with Crippen molar-refractivity contribution in [3.8, 4) is 22.8 Å². The third kappa shape index (κ3) is 7.42. The Morgan fingerprint density at radius 1 is 0.977 bits per heavy atom. The average molecular weight is 610 g/mol. The molecule has 1 N–H and O–H groups in total. The van der Waals surface area contributed by atoms with E-state index in [1.54, 1.807) is 25.8 Å². The molecule has 0 bridgehead atoms. The lowest BCUT2D eigenvalue weighted by atomic mass is 10.0. The smallest absolute Gasteiger partial charge is 0.306 e. The van der Waals surface area contributed by atoms with Crippen LogP contribution in [0.5, 0.6) is 11.6 Å². The number of fused-ring (bicyclic) bond motifs is 1. The molecule has 0 fully saturated rings. The zero-order chi connectivity index (χ0) is 31.4. The fourth-order valence-corrected chi connectivity index (χ4v) is 6.22. The van der Waals surface area contributed by atoms with Gasteiger partial charge in [-0.2, -0.15) is 0 Å². The second kappa shape index (κ2) is 13.1. The van der Waals surface area contributed by atoms with Gasteiger partial charge in [0.25, 0.3) is 0 Å². The van der Waals surface area contributed by atoms with Crippen molar-refractivity contribution < 1.29 is 19.4 Å². The predicted molar refractivity (Wildman–Crippen MR) is 177 cm³/mol. The van der Waals surface area contributed by atoms with Gasteiger partial charge in [-0.3, -0.25) is 9.78 Å². The highest BCUT2D eigenvalue weighted by molar-refractivity contribution is 8.00. The second-order valence-electron chi connectivity index (χ2n) is 12.1. The molecule has 8 heteroatoms. The van der Waals surface area contributed by atoms with Crippen LogP contribution in [0.2, 0.25) is 0 Å². The van der Waals surface area contributed by atoms with Crippen LogP contribution in [-0.2, 0) is 24.4 Å². The molecule has 2 aromatic carbocycles. The Bertz CT molecular complexity index is 1740. The monoisotopic (exact) mass is 609 g/mol. The molecule has 0 saturated heterocycles. The predicted octanol–water partition coefficient (Wildman–Crippen LogP) is 8.20. The maximum absolute atomic E-state index is 12.0. The van der Waals surface area contributed by atoms with Crippen LogP contribution in [0, 0.1) is 12.8 Å². The number of methoxy groups -OCH3 is 1. The van der Waals surface area contributed by atoms with Crippen molar-refractivity contribution in [2.45, 2.75) is 63.8 Å². The second-order valence-corrected chi connectivity index (χ2v) is 13.9. The standard InChI is InChI=1S/C36H39N3O4S/c1-23-7-13-28(37-19-23)22-43-29-14-15-31-30(18-29)34(44-36(3,4)5)32(17-24(2)35(40)41)39(31)21-25-8-10-26(11-9-25)27-12-16-33(42-6)38-20-27/h7-16,18-20,24H,17,21-22H2,1-6H3,(H,40,41). The number of aryl methyl sites for hydroxylation is 1. The molecule has 0 saturated carbocycles. The molecule has 0 aliphatic heterocycles. The van der Waals surface area contributed by atoms with E-state index >= 15 is 0 Å². The quantitative estimate of drug-likeness (QED) is 0.151. The van der Waals surface area contributed by atoms with Crippen molar-refractivity contribution in [2.24, 2.45) is 5.92 Å². The summed E-state index contributed by atoms with van der Waals surface area (Å²) in [5.74, 6) is -0.00778. The fraction of sp³-hybridized carbons (Fsp3) is 0.306. The Labute approximate surface area is 263 Å². The number of benzene rings is 2. The van der Waals surface area contributed by atoms with Crippen LogP contribution >= 0.6 is 11.8 Å². The van der Waals surface area contributed by atoms with Crippen molar-refractivity contribution in [1.82, 2.24) is 14.5 Å². The Kier molecular flexibility index (Phi) is 9.30. The molecule has 228 valence electrons. The van der Waals surface area contributed by atoms with Crippen LogP contribution in [-0.4, -0.2) is 37.5 Å². The highest BCUT2D eigenvalue weighted by Crippen LogP contribution is 2.43. The summed E-state index contributed by atoms with van der Waals surface area (Å²) in [6, 6.07) is 22.5. The minimum absolute atomic E-state index is 0.0863. The van der Waals surface area contributed by atoms with Gasteiger partial charge in [0.15, 0.2) is 0 Å². The number of aromatic nitrogens is 3. The lowest BCUT2D eigenvalue weighted by molar-refractivity contribution is -0.141. The summed E-state index contributed by atoms with van der Waals surface area (Å²) >= 11 is 1.77. The zero-order valence-electron chi connectivity index (χ0n) is 26.1. The van der Waals surface area contributed by atoms with E-state index in [1.165, 1.54) is 0 Å². The van der Waals surface area contributed by atoms with E-state index in [0.717, 1.165) is 55.2 Å². The summed E-state index contributed by atoms with van der Waals surface area (Å²) in [5.41, 5.74) is 7.24. The van der Waals surface area contributed by atoms with Crippen molar-refractivity contribution in [3.05, 3.63) is 102 Å². The van der Waals surface area contributed by atoms with Crippen molar-refractivity contribution >= 4 is 28.6 Å². The van der Waals surface area contributed by atoms with Gasteiger partial charge in [-0.05, 0) is 53.9 Å². The Balaban J connectivity index is 1.54. The molecular weight excluding hydrogens is 570 g/mol. The minimum atomic E-state index is -0.805. The van der Waals surface area contributed by atoms with Gasteiger partial charge in [-0.25, -0.2) is 4.98 Å². The normalized spacial score (nSPS) is 12.3. The summed E-state index contributed by atoms with van der Waals surface area (Å²) in [6.45, 7) is 11.3. The van der Waals surface area contributed by atoms with Crippen LogP contribution in [0.15, 0.2) is 84.0 Å². The first-order chi connectivity index (χ1) is 21.0. The fourth-order valence-electron chi connectivity index (χ4n) is 5.02. The number of pyridine rings is 2. The molecule has 0 spiro atoms. The molecule has 0 aliphatic carbocycles. The van der Waals surface area contributed by atoms with Crippen molar-refractivity contribution in [2.75, 3.05) is 7.11 Å². The van der Waals surface area contributed by atoms with Gasteiger partial charge in [0.2, 0.25) is 5.88 Å². The van der Waals surface area contributed by atoms with Gasteiger partial charge in [0.05, 0.1) is 18.7 Å². The molecule has 3 aromatic heterocycles. The Morgan fingerprint density at radius 3 is 2.34 bits per heavy atom. The molecule has 1 unspecified atom stereocenters. The maximum Gasteiger partial charge on any atom is 0.306 e. The third-order valence-electron chi connectivity index (χ3n) is 7.35. The molecule has 3 heterocycles. The summed E-state index contributed by atoms with van der Waals surface area (Å²) in [4.78, 5) is 21.9. The highest BCUT2D eigenvalue weighted by atomic mass is 32.2. The topological polar surface area (TPSA) is 86.5 Å². The number of carboxylic acid groups (broad SMARTS) is 1. The SMILES string of the molecule is COc1ccc(-c2ccc(Cn3c(CC(C)C(=O)O)c(SC(C)(C)C)c4cc(OCc5ccc(C)cn5)ccc43)cc2)cn1. The van der Waals surface area contributed by atoms with E-state index in [9.17, 15) is 9.90 Å². The van der Waals surface area contributed by atoms with Gasteiger partial charge in [0, 0.05) is 63.2 Å². The number of rotatable bonds is 11. The molecule has 1 atom stereocenters. The molecule has 44 heavy (non-hydrogen) atoms. The van der Waals surface area contributed by atoms with Gasteiger partial charge in [-0.15, -0.1) is 11.8 Å². The zero-order valence-corrected chi connectivity index (χ0v) is 26.9. The van der Waals surface area contributed by atoms with Gasteiger partial charge in [-0.1, -0.05) is 58.0 Å². The summed E-state index contributed by atoms with van der Waals surface area (Å²) in [7, 11) is 1.61. The number of carboxylic acids is 1. The molecule has 7 nitrogen and oxygen atoms in total. The van der Waals surface area contributed by atoms with Crippen molar-refractivity contribution in [3.63, 3.8) is 0 Å². The molecular formula is C36H39N3O4S. The van der Waals surface area contributed by atoms with Gasteiger partial charge in [0.1, 0.15) is 12.4 Å². The Hall–Kier alpha value is -4.30. The van der Waals surface area contributed by atoms with Crippen LogP contribution in [0.1, 0.15) is 50.2 Å². The van der Waals surface area contributed by atoms with Crippen molar-refractivity contribution in [1.29, 1.82) is 0 Å². The number of thioether (sulfide) groups is 1. The first-order valence-corrected chi connectivity index (χ1v) is 15.5. The lowest BCUT2D eigenvalue weighted by Crippen LogP contribution is -2.17. The molecule has 0 radical (unpaired) electrons. The van der Waals surface area contributed by atoms with Crippen LogP contribution in [0.3, 0.4) is 0 Å². The summed E-state index contributed by atoms with van der Waals surface area (Å²) < 4.78 is 13.6. The van der Waals surface area contributed by atoms with E-state index in [2.05, 4.69) is 71.7 Å². The molecule has 5 aromatic rings. The number of carbonyl (C=O) groups is 1. The van der Waals surface area contributed by atoms with E-state index in [1.807, 2.05) is 49.6 Å². The largest absolute Gasteiger partial charge is 0.487 e.